The predicted octanol–water partition coefficient (Wildman–Crippen LogP) is 1.63. The van der Waals surface area contributed by atoms with E-state index in [1.54, 1.807) is 0 Å². The molecule has 0 aliphatic carbocycles. The lowest BCUT2D eigenvalue weighted by Crippen LogP contribution is -2.16. The standard InChI is InChI=1S/C7H7ClF2N2O2S/c1-3-5(7(9)10)4(15(11,13)14)2-12-6(3)8/h2,7H,1H3,(H2,11,13,14). The molecule has 4 nitrogen and oxygen atoms in total. The molecule has 0 bridgehead atoms. The number of sulfonamides is 1. The molecule has 0 radical (unpaired) electrons. The summed E-state index contributed by atoms with van der Waals surface area (Å²) in [6.45, 7) is 1.26. The van der Waals surface area contributed by atoms with Gasteiger partial charge in [0.1, 0.15) is 10.0 Å². The maximum Gasteiger partial charge on any atom is 0.265 e. The molecular formula is C7H7ClF2N2O2S. The van der Waals surface area contributed by atoms with E-state index in [4.69, 9.17) is 16.7 Å². The van der Waals surface area contributed by atoms with Crippen molar-refractivity contribution >= 4 is 21.6 Å². The van der Waals surface area contributed by atoms with Crippen LogP contribution in [0.5, 0.6) is 0 Å². The number of rotatable bonds is 2. The predicted molar refractivity (Wildman–Crippen MR) is 50.3 cm³/mol. The van der Waals surface area contributed by atoms with E-state index in [1.807, 2.05) is 0 Å². The van der Waals surface area contributed by atoms with E-state index >= 15 is 0 Å². The van der Waals surface area contributed by atoms with E-state index in [9.17, 15) is 17.2 Å². The van der Waals surface area contributed by atoms with Crippen LogP contribution in [0.2, 0.25) is 5.15 Å². The highest BCUT2D eigenvalue weighted by Crippen LogP contribution is 2.31. The largest absolute Gasteiger partial charge is 0.265 e. The van der Waals surface area contributed by atoms with Crippen molar-refractivity contribution < 1.29 is 17.2 Å². The number of alkyl halides is 2. The minimum atomic E-state index is -4.22. The van der Waals surface area contributed by atoms with Crippen molar-refractivity contribution in [2.24, 2.45) is 5.14 Å². The van der Waals surface area contributed by atoms with Crippen LogP contribution in [0, 0.1) is 6.92 Å². The van der Waals surface area contributed by atoms with Gasteiger partial charge in [0.25, 0.3) is 6.43 Å². The smallest absolute Gasteiger partial charge is 0.243 e. The molecule has 0 saturated carbocycles. The summed E-state index contributed by atoms with van der Waals surface area (Å²) in [5.41, 5.74) is -0.782. The molecule has 1 aromatic rings. The fourth-order valence-electron chi connectivity index (χ4n) is 1.08. The molecule has 0 spiro atoms. The fraction of sp³-hybridized carbons (Fsp3) is 0.286. The number of nitrogens with two attached hydrogens (primary N) is 1. The molecular weight excluding hydrogens is 250 g/mol. The molecule has 0 atom stereocenters. The van der Waals surface area contributed by atoms with Gasteiger partial charge < -0.3 is 0 Å². The third-order valence-corrected chi connectivity index (χ3v) is 3.12. The van der Waals surface area contributed by atoms with Crippen LogP contribution in [0.3, 0.4) is 0 Å². The highest BCUT2D eigenvalue weighted by molar-refractivity contribution is 7.89. The first-order chi connectivity index (χ1) is 6.75. The van der Waals surface area contributed by atoms with Gasteiger partial charge in [0, 0.05) is 11.8 Å². The molecule has 0 unspecified atom stereocenters. The van der Waals surface area contributed by atoms with E-state index in [0.717, 1.165) is 6.20 Å². The van der Waals surface area contributed by atoms with Crippen molar-refractivity contribution in [2.75, 3.05) is 0 Å². The van der Waals surface area contributed by atoms with E-state index in [1.165, 1.54) is 6.92 Å². The number of nitrogens with zero attached hydrogens (tertiary/aromatic N) is 1. The maximum atomic E-state index is 12.6. The number of aromatic nitrogens is 1. The van der Waals surface area contributed by atoms with Crippen molar-refractivity contribution in [3.8, 4) is 0 Å². The second kappa shape index (κ2) is 3.99. The second-order valence-electron chi connectivity index (χ2n) is 2.80. The molecule has 0 aromatic carbocycles. The molecule has 0 saturated heterocycles. The average molecular weight is 257 g/mol. The highest BCUT2D eigenvalue weighted by Gasteiger charge is 2.24. The van der Waals surface area contributed by atoms with Crippen LogP contribution in [0.4, 0.5) is 8.78 Å². The number of primary sulfonamides is 1. The van der Waals surface area contributed by atoms with Crippen LogP contribution in [0.15, 0.2) is 11.1 Å². The van der Waals surface area contributed by atoms with Crippen LogP contribution < -0.4 is 5.14 Å². The zero-order chi connectivity index (χ0) is 11.8. The van der Waals surface area contributed by atoms with Crippen LogP contribution in [-0.2, 0) is 10.0 Å². The monoisotopic (exact) mass is 256 g/mol. The molecule has 8 heteroatoms. The van der Waals surface area contributed by atoms with Crippen molar-refractivity contribution in [2.45, 2.75) is 18.2 Å². The van der Waals surface area contributed by atoms with Gasteiger partial charge in [-0.1, -0.05) is 11.6 Å². The first kappa shape index (κ1) is 12.3. The Hall–Kier alpha value is -0.790. The summed E-state index contributed by atoms with van der Waals surface area (Å²) < 4.78 is 47.2. The zero-order valence-electron chi connectivity index (χ0n) is 7.54. The number of hydrogen-bond donors (Lipinski definition) is 1. The third-order valence-electron chi connectivity index (χ3n) is 1.80. The van der Waals surface area contributed by atoms with Crippen molar-refractivity contribution in [3.05, 3.63) is 22.5 Å². The SMILES string of the molecule is Cc1c(Cl)ncc(S(N)(=O)=O)c1C(F)F. The Morgan fingerprint density at radius 1 is 1.53 bits per heavy atom. The van der Waals surface area contributed by atoms with Crippen LogP contribution in [0.25, 0.3) is 0 Å². The molecule has 0 amide bonds. The van der Waals surface area contributed by atoms with Crippen LogP contribution in [-0.4, -0.2) is 13.4 Å². The van der Waals surface area contributed by atoms with Gasteiger partial charge >= 0.3 is 0 Å². The number of hydrogen-bond acceptors (Lipinski definition) is 3. The normalized spacial score (nSPS) is 12.1. The quantitative estimate of drug-likeness (QED) is 0.818. The number of halogens is 3. The summed E-state index contributed by atoms with van der Waals surface area (Å²) in [5.74, 6) is 0. The molecule has 84 valence electrons. The Balaban J connectivity index is 3.62. The van der Waals surface area contributed by atoms with Gasteiger partial charge in [-0.15, -0.1) is 0 Å². The summed E-state index contributed by atoms with van der Waals surface area (Å²) in [7, 11) is -4.22. The molecule has 2 N–H and O–H groups in total. The van der Waals surface area contributed by atoms with Crippen LogP contribution in [0.1, 0.15) is 17.6 Å². The van der Waals surface area contributed by atoms with Gasteiger partial charge in [0.2, 0.25) is 10.0 Å². The maximum absolute atomic E-state index is 12.6. The van der Waals surface area contributed by atoms with Gasteiger partial charge in [0.15, 0.2) is 0 Å². The minimum Gasteiger partial charge on any atom is -0.243 e. The highest BCUT2D eigenvalue weighted by atomic mass is 35.5. The molecule has 1 rings (SSSR count). The van der Waals surface area contributed by atoms with Gasteiger partial charge in [0.05, 0.1) is 0 Å². The average Bonchev–Trinajstić information content (AvgIpc) is 2.06. The lowest BCUT2D eigenvalue weighted by Gasteiger charge is -2.10. The molecule has 1 heterocycles. The van der Waals surface area contributed by atoms with Gasteiger partial charge in [-0.3, -0.25) is 0 Å². The summed E-state index contributed by atoms with van der Waals surface area (Å²) in [6.07, 6.45) is -2.24. The van der Waals surface area contributed by atoms with Crippen LogP contribution >= 0.6 is 11.6 Å². The Morgan fingerprint density at radius 2 is 2.07 bits per heavy atom. The van der Waals surface area contributed by atoms with E-state index in [2.05, 4.69) is 4.98 Å². The van der Waals surface area contributed by atoms with E-state index in [0.29, 0.717) is 0 Å². The third kappa shape index (κ3) is 2.42. The topological polar surface area (TPSA) is 73.0 Å². The van der Waals surface area contributed by atoms with Gasteiger partial charge in [-0.25, -0.2) is 27.3 Å². The summed E-state index contributed by atoms with van der Waals surface area (Å²) >= 11 is 5.50. The Bertz CT molecular complexity index is 490. The van der Waals surface area contributed by atoms with Gasteiger partial charge in [-0.05, 0) is 12.5 Å². The second-order valence-corrected chi connectivity index (χ2v) is 4.69. The first-order valence-corrected chi connectivity index (χ1v) is 5.63. The van der Waals surface area contributed by atoms with Crippen molar-refractivity contribution in [1.29, 1.82) is 0 Å². The first-order valence-electron chi connectivity index (χ1n) is 3.71. The minimum absolute atomic E-state index is 0.0850. The Kier molecular flexibility index (Phi) is 3.27. The lowest BCUT2D eigenvalue weighted by molar-refractivity contribution is 0.147. The van der Waals surface area contributed by atoms with E-state index in [-0.39, 0.29) is 10.7 Å². The fourth-order valence-corrected chi connectivity index (χ4v) is 1.97. The molecule has 0 fully saturated rings. The van der Waals surface area contributed by atoms with Crippen molar-refractivity contribution in [1.82, 2.24) is 4.98 Å². The number of pyridine rings is 1. The summed E-state index contributed by atoms with van der Waals surface area (Å²) in [5, 5.41) is 4.60. The molecule has 15 heavy (non-hydrogen) atoms. The molecule has 0 aliphatic rings. The van der Waals surface area contributed by atoms with E-state index < -0.39 is 26.9 Å². The van der Waals surface area contributed by atoms with Gasteiger partial charge in [-0.2, -0.15) is 0 Å². The lowest BCUT2D eigenvalue weighted by atomic mass is 10.2. The Morgan fingerprint density at radius 3 is 2.47 bits per heavy atom. The molecule has 1 aromatic heterocycles. The summed E-state index contributed by atoms with van der Waals surface area (Å²) in [4.78, 5) is 2.77. The molecule has 0 aliphatic heterocycles. The Labute approximate surface area is 90.1 Å². The van der Waals surface area contributed by atoms with Crippen molar-refractivity contribution in [3.63, 3.8) is 0 Å². The summed E-state index contributed by atoms with van der Waals surface area (Å²) in [6, 6.07) is 0. The zero-order valence-corrected chi connectivity index (χ0v) is 9.11.